The summed E-state index contributed by atoms with van der Waals surface area (Å²) in [6.45, 7) is 10.2. The maximum absolute atomic E-state index is 12.0. The minimum atomic E-state index is -0.462. The van der Waals surface area contributed by atoms with E-state index >= 15 is 0 Å². The van der Waals surface area contributed by atoms with Crippen molar-refractivity contribution in [2.75, 3.05) is 31.1 Å². The molecule has 1 aliphatic rings. The quantitative estimate of drug-likeness (QED) is 0.799. The first-order chi connectivity index (χ1) is 9.76. The van der Waals surface area contributed by atoms with Crippen molar-refractivity contribution in [3.8, 4) is 0 Å². The number of halogens is 1. The van der Waals surface area contributed by atoms with Crippen LogP contribution in [0.4, 0.5) is 10.6 Å². The van der Waals surface area contributed by atoms with Crippen molar-refractivity contribution in [2.24, 2.45) is 0 Å². The number of rotatable bonds is 1. The van der Waals surface area contributed by atoms with Gasteiger partial charge in [-0.3, -0.25) is 0 Å². The molecular weight excluding hydrogens is 290 g/mol. The summed E-state index contributed by atoms with van der Waals surface area (Å²) in [5.41, 5.74) is 0.576. The van der Waals surface area contributed by atoms with E-state index < -0.39 is 5.60 Å². The van der Waals surface area contributed by atoms with Gasteiger partial charge < -0.3 is 14.5 Å². The molecule has 1 aromatic heterocycles. The normalized spacial score (nSPS) is 16.0. The highest BCUT2D eigenvalue weighted by atomic mass is 35.5. The monoisotopic (exact) mass is 311 g/mol. The zero-order chi connectivity index (χ0) is 15.6. The van der Waals surface area contributed by atoms with Crippen molar-refractivity contribution in [1.29, 1.82) is 0 Å². The van der Waals surface area contributed by atoms with Crippen molar-refractivity contribution in [3.05, 3.63) is 22.8 Å². The molecule has 2 heterocycles. The summed E-state index contributed by atoms with van der Waals surface area (Å²) < 4.78 is 5.38. The van der Waals surface area contributed by atoms with Gasteiger partial charge in [0.05, 0.1) is 5.02 Å². The smallest absolute Gasteiger partial charge is 0.410 e. The second-order valence-corrected chi connectivity index (χ2v) is 6.68. The van der Waals surface area contributed by atoms with Gasteiger partial charge in [-0.25, -0.2) is 9.78 Å². The van der Waals surface area contributed by atoms with E-state index in [9.17, 15) is 4.79 Å². The van der Waals surface area contributed by atoms with Gasteiger partial charge in [0.25, 0.3) is 0 Å². The van der Waals surface area contributed by atoms with Gasteiger partial charge in [0.15, 0.2) is 0 Å². The summed E-state index contributed by atoms with van der Waals surface area (Å²) >= 11 is 6.24. The second kappa shape index (κ2) is 6.10. The zero-order valence-electron chi connectivity index (χ0n) is 13.0. The highest BCUT2D eigenvalue weighted by Gasteiger charge is 2.26. The number of anilines is 1. The fraction of sp³-hybridized carbons (Fsp3) is 0.600. The van der Waals surface area contributed by atoms with E-state index in [-0.39, 0.29) is 6.09 Å². The van der Waals surface area contributed by atoms with Gasteiger partial charge in [0.2, 0.25) is 0 Å². The van der Waals surface area contributed by atoms with Crippen LogP contribution in [-0.2, 0) is 4.74 Å². The molecule has 5 nitrogen and oxygen atoms in total. The molecule has 116 valence electrons. The first kappa shape index (κ1) is 15.9. The third kappa shape index (κ3) is 4.24. The highest BCUT2D eigenvalue weighted by Crippen LogP contribution is 2.25. The van der Waals surface area contributed by atoms with Crippen LogP contribution in [0.1, 0.15) is 26.3 Å². The lowest BCUT2D eigenvalue weighted by atomic mass is 10.2. The Morgan fingerprint density at radius 3 is 2.43 bits per heavy atom. The molecular formula is C15H22ClN3O2. The van der Waals surface area contributed by atoms with Crippen LogP contribution in [0.3, 0.4) is 0 Å². The maximum atomic E-state index is 12.0. The van der Waals surface area contributed by atoms with E-state index in [2.05, 4.69) is 9.88 Å². The Labute approximate surface area is 130 Å². The van der Waals surface area contributed by atoms with Crippen LogP contribution in [0, 0.1) is 6.92 Å². The van der Waals surface area contributed by atoms with Crippen LogP contribution < -0.4 is 4.90 Å². The molecule has 0 aromatic carbocycles. The Bertz CT molecular complexity index is 520. The van der Waals surface area contributed by atoms with Crippen LogP contribution in [0.15, 0.2) is 12.3 Å². The largest absolute Gasteiger partial charge is 0.444 e. The summed E-state index contributed by atoms with van der Waals surface area (Å²) in [7, 11) is 0. The standard InChI is InChI=1S/C15H22ClN3O2/c1-11-9-12(16)13(17-10-11)18-5-7-19(8-6-18)14(20)21-15(2,3)4/h9-10H,5-8H2,1-4H3. The summed E-state index contributed by atoms with van der Waals surface area (Å²) in [6.07, 6.45) is 1.55. The lowest BCUT2D eigenvalue weighted by Crippen LogP contribution is -2.50. The van der Waals surface area contributed by atoms with Crippen LogP contribution in [0.25, 0.3) is 0 Å². The Hall–Kier alpha value is -1.49. The molecule has 0 N–H and O–H groups in total. The SMILES string of the molecule is Cc1cnc(N2CCN(C(=O)OC(C)(C)C)CC2)c(Cl)c1. The van der Waals surface area contributed by atoms with Crippen molar-refractivity contribution in [1.82, 2.24) is 9.88 Å². The van der Waals surface area contributed by atoms with Crippen LogP contribution in [0.2, 0.25) is 5.02 Å². The molecule has 21 heavy (non-hydrogen) atoms. The fourth-order valence-corrected chi connectivity index (χ4v) is 2.53. The molecule has 0 radical (unpaired) electrons. The fourth-order valence-electron chi connectivity index (χ4n) is 2.19. The van der Waals surface area contributed by atoms with Gasteiger partial charge in [0.1, 0.15) is 11.4 Å². The minimum absolute atomic E-state index is 0.259. The number of aromatic nitrogens is 1. The third-order valence-corrected chi connectivity index (χ3v) is 3.47. The van der Waals surface area contributed by atoms with Gasteiger partial charge in [-0.05, 0) is 39.3 Å². The summed E-state index contributed by atoms with van der Waals surface area (Å²) in [4.78, 5) is 20.2. The molecule has 1 fully saturated rings. The molecule has 1 aromatic rings. The van der Waals surface area contributed by atoms with Crippen LogP contribution >= 0.6 is 11.6 Å². The van der Waals surface area contributed by atoms with Crippen LogP contribution in [0.5, 0.6) is 0 Å². The average Bonchev–Trinajstić information content (AvgIpc) is 2.37. The Kier molecular flexibility index (Phi) is 4.61. The third-order valence-electron chi connectivity index (χ3n) is 3.19. The molecule has 0 bridgehead atoms. The number of ether oxygens (including phenoxy) is 1. The number of pyridine rings is 1. The molecule has 0 atom stereocenters. The number of hydrogen-bond acceptors (Lipinski definition) is 4. The Morgan fingerprint density at radius 2 is 1.90 bits per heavy atom. The highest BCUT2D eigenvalue weighted by molar-refractivity contribution is 6.33. The number of nitrogens with zero attached hydrogens (tertiary/aromatic N) is 3. The molecule has 6 heteroatoms. The predicted molar refractivity (Wildman–Crippen MR) is 84.0 cm³/mol. The number of hydrogen-bond donors (Lipinski definition) is 0. The Balaban J connectivity index is 1.95. The van der Waals surface area contributed by atoms with Crippen molar-refractivity contribution >= 4 is 23.5 Å². The topological polar surface area (TPSA) is 45.7 Å². The van der Waals surface area contributed by atoms with E-state index in [4.69, 9.17) is 16.3 Å². The minimum Gasteiger partial charge on any atom is -0.444 e. The zero-order valence-corrected chi connectivity index (χ0v) is 13.8. The van der Waals surface area contributed by atoms with E-state index in [1.54, 1.807) is 11.1 Å². The lowest BCUT2D eigenvalue weighted by Gasteiger charge is -2.36. The predicted octanol–water partition coefficient (Wildman–Crippen LogP) is 3.10. The van der Waals surface area contributed by atoms with Gasteiger partial charge in [-0.1, -0.05) is 11.6 Å². The number of piperazine rings is 1. The average molecular weight is 312 g/mol. The number of aryl methyl sites for hydroxylation is 1. The van der Waals surface area contributed by atoms with Gasteiger partial charge in [0, 0.05) is 32.4 Å². The molecule has 1 saturated heterocycles. The molecule has 0 aliphatic carbocycles. The number of carbonyl (C=O) groups is 1. The summed E-state index contributed by atoms with van der Waals surface area (Å²) in [5, 5.41) is 0.653. The Morgan fingerprint density at radius 1 is 1.29 bits per heavy atom. The maximum Gasteiger partial charge on any atom is 0.410 e. The first-order valence-electron chi connectivity index (χ1n) is 7.11. The first-order valence-corrected chi connectivity index (χ1v) is 7.49. The van der Waals surface area contributed by atoms with Crippen molar-refractivity contribution < 1.29 is 9.53 Å². The van der Waals surface area contributed by atoms with Crippen LogP contribution in [-0.4, -0.2) is 47.8 Å². The van der Waals surface area contributed by atoms with E-state index in [0.29, 0.717) is 31.2 Å². The van der Waals surface area contributed by atoms with Gasteiger partial charge in [-0.15, -0.1) is 0 Å². The summed E-state index contributed by atoms with van der Waals surface area (Å²) in [5.74, 6) is 0.783. The van der Waals surface area contributed by atoms with Crippen molar-refractivity contribution in [2.45, 2.75) is 33.3 Å². The lowest BCUT2D eigenvalue weighted by molar-refractivity contribution is 0.0240. The number of carbonyl (C=O) groups excluding carboxylic acids is 1. The molecule has 0 spiro atoms. The van der Waals surface area contributed by atoms with E-state index in [0.717, 1.165) is 11.4 Å². The molecule has 1 amide bonds. The molecule has 1 aliphatic heterocycles. The summed E-state index contributed by atoms with van der Waals surface area (Å²) in [6, 6.07) is 1.91. The van der Waals surface area contributed by atoms with E-state index in [1.165, 1.54) is 0 Å². The van der Waals surface area contributed by atoms with Gasteiger partial charge in [-0.2, -0.15) is 0 Å². The van der Waals surface area contributed by atoms with E-state index in [1.807, 2.05) is 33.8 Å². The molecule has 2 rings (SSSR count). The second-order valence-electron chi connectivity index (χ2n) is 6.27. The molecule has 0 saturated carbocycles. The van der Waals surface area contributed by atoms with Gasteiger partial charge >= 0.3 is 6.09 Å². The van der Waals surface area contributed by atoms with Crippen molar-refractivity contribution in [3.63, 3.8) is 0 Å². The molecule has 0 unspecified atom stereocenters. The number of amides is 1.